The minimum Gasteiger partial charge on any atom is -0.496 e. The molecule has 0 saturated carbocycles. The molecule has 6 nitrogen and oxygen atoms in total. The Labute approximate surface area is 135 Å². The monoisotopic (exact) mass is 315 g/mol. The van der Waals surface area contributed by atoms with Gasteiger partial charge in [-0.05, 0) is 19.9 Å². The van der Waals surface area contributed by atoms with Gasteiger partial charge in [0.15, 0.2) is 0 Å². The van der Waals surface area contributed by atoms with Crippen molar-refractivity contribution in [3.63, 3.8) is 0 Å². The van der Waals surface area contributed by atoms with Crippen LogP contribution in [0.25, 0.3) is 0 Å². The van der Waals surface area contributed by atoms with E-state index >= 15 is 0 Å². The van der Waals surface area contributed by atoms with E-state index in [1.54, 1.807) is 21.0 Å². The molecule has 1 unspecified atom stereocenters. The maximum absolute atomic E-state index is 12.5. The molecule has 0 aromatic heterocycles. The van der Waals surface area contributed by atoms with Crippen molar-refractivity contribution >= 4 is 11.8 Å². The molecule has 1 aliphatic rings. The molecule has 1 aromatic rings. The average Bonchev–Trinajstić information content (AvgIpc) is 2.54. The third kappa shape index (κ3) is 3.06. The lowest BCUT2D eigenvalue weighted by Gasteiger charge is -2.28. The van der Waals surface area contributed by atoms with Gasteiger partial charge in [0, 0.05) is 17.3 Å². The molecule has 0 fully saturated rings. The lowest BCUT2D eigenvalue weighted by molar-refractivity contribution is -0.138. The molecule has 1 aliphatic heterocycles. The summed E-state index contributed by atoms with van der Waals surface area (Å²) in [5.41, 5.74) is 14.0. The van der Waals surface area contributed by atoms with Gasteiger partial charge >= 0.3 is 5.97 Å². The number of carbonyl (C=O) groups is 1. The van der Waals surface area contributed by atoms with Gasteiger partial charge in [-0.1, -0.05) is 18.2 Å². The number of aliphatic imine (C=N–C) groups is 1. The largest absolute Gasteiger partial charge is 0.496 e. The van der Waals surface area contributed by atoms with Crippen LogP contribution in [0, 0.1) is 0 Å². The predicted molar refractivity (Wildman–Crippen MR) is 89.0 cm³/mol. The minimum atomic E-state index is -0.479. The number of carbonyl (C=O) groups excluding carboxylic acids is 1. The quantitative estimate of drug-likeness (QED) is 0.826. The van der Waals surface area contributed by atoms with Crippen LogP contribution in [0.5, 0.6) is 5.75 Å². The van der Waals surface area contributed by atoms with E-state index in [1.807, 2.05) is 24.3 Å². The molecular weight excluding hydrogens is 294 g/mol. The molecule has 0 saturated heterocycles. The molecule has 122 valence electrons. The van der Waals surface area contributed by atoms with Crippen LogP contribution in [0.4, 0.5) is 0 Å². The minimum absolute atomic E-state index is 0.273. The van der Waals surface area contributed by atoms with Crippen molar-refractivity contribution in [2.75, 3.05) is 13.7 Å². The van der Waals surface area contributed by atoms with Crippen LogP contribution < -0.4 is 16.2 Å². The highest BCUT2D eigenvalue weighted by molar-refractivity contribution is 6.05. The first-order chi connectivity index (χ1) is 11.0. The molecule has 1 heterocycles. The molecule has 0 radical (unpaired) electrons. The van der Waals surface area contributed by atoms with E-state index in [4.69, 9.17) is 20.9 Å². The van der Waals surface area contributed by atoms with Gasteiger partial charge in [0.25, 0.3) is 0 Å². The first-order valence-corrected chi connectivity index (χ1v) is 7.32. The Balaban J connectivity index is 2.68. The van der Waals surface area contributed by atoms with Crippen LogP contribution in [0.1, 0.15) is 25.3 Å². The number of nitrogens with zero attached hydrogens (tertiary/aromatic N) is 1. The van der Waals surface area contributed by atoms with Crippen molar-refractivity contribution in [2.45, 2.75) is 19.8 Å². The van der Waals surface area contributed by atoms with Gasteiger partial charge in [0.2, 0.25) is 0 Å². The number of ether oxygens (including phenoxy) is 2. The lowest BCUT2D eigenvalue weighted by atomic mass is 9.81. The lowest BCUT2D eigenvalue weighted by Crippen LogP contribution is -2.30. The summed E-state index contributed by atoms with van der Waals surface area (Å²) in [5.74, 6) is 0.0132. The number of benzene rings is 1. The van der Waals surface area contributed by atoms with Crippen molar-refractivity contribution in [1.82, 2.24) is 0 Å². The SMILES string of the molecule is CCOC(=O)C1=C(C)N=C(N)/C(=C\N)C1c1ccccc1OC. The van der Waals surface area contributed by atoms with Gasteiger partial charge in [-0.2, -0.15) is 0 Å². The summed E-state index contributed by atoms with van der Waals surface area (Å²) in [6.45, 7) is 3.76. The van der Waals surface area contributed by atoms with Crippen molar-refractivity contribution in [3.05, 3.63) is 52.9 Å². The van der Waals surface area contributed by atoms with Crippen LogP contribution in [0.2, 0.25) is 0 Å². The van der Waals surface area contributed by atoms with E-state index in [1.165, 1.54) is 6.20 Å². The van der Waals surface area contributed by atoms with Gasteiger partial charge in [0.05, 0.1) is 30.9 Å². The van der Waals surface area contributed by atoms with E-state index in [2.05, 4.69) is 4.99 Å². The van der Waals surface area contributed by atoms with Crippen LogP contribution in [0.15, 0.2) is 52.3 Å². The van der Waals surface area contributed by atoms with Gasteiger partial charge in [0.1, 0.15) is 11.6 Å². The number of rotatable bonds is 4. The van der Waals surface area contributed by atoms with Gasteiger partial charge in [-0.25, -0.2) is 9.79 Å². The molecule has 1 aromatic carbocycles. The van der Waals surface area contributed by atoms with E-state index < -0.39 is 11.9 Å². The second kappa shape index (κ2) is 7.00. The Morgan fingerprint density at radius 3 is 2.70 bits per heavy atom. The van der Waals surface area contributed by atoms with Gasteiger partial charge < -0.3 is 20.9 Å². The van der Waals surface area contributed by atoms with E-state index in [-0.39, 0.29) is 12.4 Å². The molecule has 0 bridgehead atoms. The third-order valence-corrected chi connectivity index (χ3v) is 3.70. The highest BCUT2D eigenvalue weighted by Crippen LogP contribution is 2.41. The highest BCUT2D eigenvalue weighted by Gasteiger charge is 2.35. The van der Waals surface area contributed by atoms with Crippen molar-refractivity contribution < 1.29 is 14.3 Å². The summed E-state index contributed by atoms with van der Waals surface area (Å²) in [7, 11) is 1.57. The number of hydrogen-bond acceptors (Lipinski definition) is 6. The van der Waals surface area contributed by atoms with E-state index in [9.17, 15) is 4.79 Å². The summed E-state index contributed by atoms with van der Waals surface area (Å²) in [6, 6.07) is 7.42. The number of nitrogens with two attached hydrogens (primary N) is 2. The number of methoxy groups -OCH3 is 1. The van der Waals surface area contributed by atoms with Crippen LogP contribution >= 0.6 is 0 Å². The zero-order valence-electron chi connectivity index (χ0n) is 13.5. The smallest absolute Gasteiger partial charge is 0.336 e. The maximum Gasteiger partial charge on any atom is 0.336 e. The topological polar surface area (TPSA) is 99.9 Å². The number of amidine groups is 1. The Morgan fingerprint density at radius 2 is 2.09 bits per heavy atom. The molecular formula is C17H21N3O3. The molecule has 6 heteroatoms. The Kier molecular flexibility index (Phi) is 5.05. The zero-order chi connectivity index (χ0) is 17.0. The molecule has 0 amide bonds. The molecule has 0 aliphatic carbocycles. The number of hydrogen-bond donors (Lipinski definition) is 2. The first-order valence-electron chi connectivity index (χ1n) is 7.32. The van der Waals surface area contributed by atoms with E-state index in [0.29, 0.717) is 22.6 Å². The predicted octanol–water partition coefficient (Wildman–Crippen LogP) is 1.83. The van der Waals surface area contributed by atoms with Gasteiger partial charge in [-0.3, -0.25) is 0 Å². The maximum atomic E-state index is 12.5. The zero-order valence-corrected chi connectivity index (χ0v) is 13.5. The molecule has 23 heavy (non-hydrogen) atoms. The van der Waals surface area contributed by atoms with Crippen molar-refractivity contribution in [2.24, 2.45) is 16.5 Å². The Hall–Kier alpha value is -2.76. The average molecular weight is 315 g/mol. The van der Waals surface area contributed by atoms with Crippen LogP contribution in [-0.4, -0.2) is 25.5 Å². The van der Waals surface area contributed by atoms with Gasteiger partial charge in [-0.15, -0.1) is 0 Å². The van der Waals surface area contributed by atoms with Crippen molar-refractivity contribution in [3.8, 4) is 5.75 Å². The third-order valence-electron chi connectivity index (χ3n) is 3.70. The molecule has 2 rings (SSSR count). The fourth-order valence-electron chi connectivity index (χ4n) is 2.70. The highest BCUT2D eigenvalue weighted by atomic mass is 16.5. The standard InChI is InChI=1S/C17H21N3O3/c1-4-23-17(21)14-10(2)20-16(19)12(9-18)15(14)11-7-5-6-8-13(11)22-3/h5-9,15H,4,18H2,1-3H3,(H2,19,20)/b12-9-. The second-order valence-electron chi connectivity index (χ2n) is 5.01. The first kappa shape index (κ1) is 16.6. The number of esters is 1. The Morgan fingerprint density at radius 1 is 1.39 bits per heavy atom. The van der Waals surface area contributed by atoms with Crippen LogP contribution in [-0.2, 0) is 9.53 Å². The number of para-hydroxylation sites is 1. The van der Waals surface area contributed by atoms with E-state index in [0.717, 1.165) is 5.56 Å². The fourth-order valence-corrected chi connectivity index (χ4v) is 2.70. The number of allylic oxidation sites excluding steroid dienone is 1. The summed E-state index contributed by atoms with van der Waals surface area (Å²) in [6.07, 6.45) is 1.38. The van der Waals surface area contributed by atoms with Crippen molar-refractivity contribution in [1.29, 1.82) is 0 Å². The summed E-state index contributed by atoms with van der Waals surface area (Å²) >= 11 is 0. The summed E-state index contributed by atoms with van der Waals surface area (Å²) in [5, 5.41) is 0. The Bertz CT molecular complexity index is 705. The summed E-state index contributed by atoms with van der Waals surface area (Å²) < 4.78 is 10.6. The normalized spacial score (nSPS) is 19.5. The van der Waals surface area contributed by atoms with Crippen LogP contribution in [0.3, 0.4) is 0 Å². The fraction of sp³-hybridized carbons (Fsp3) is 0.294. The molecule has 1 atom stereocenters. The summed E-state index contributed by atoms with van der Waals surface area (Å²) in [4.78, 5) is 16.7. The molecule has 0 spiro atoms. The molecule has 4 N–H and O–H groups in total. The second-order valence-corrected chi connectivity index (χ2v) is 5.01.